The second-order valence-electron chi connectivity index (χ2n) is 14.9. The van der Waals surface area contributed by atoms with E-state index in [0.29, 0.717) is 5.02 Å². The van der Waals surface area contributed by atoms with Crippen LogP contribution in [0.15, 0.2) is 54.7 Å². The van der Waals surface area contributed by atoms with Gasteiger partial charge in [0.05, 0.1) is 5.54 Å². The van der Waals surface area contributed by atoms with Crippen molar-refractivity contribution < 1.29 is 4.79 Å². The number of carbonyl (C=O) groups is 1. The summed E-state index contributed by atoms with van der Waals surface area (Å²) in [6, 6.07) is 17.3. The smallest absolute Gasteiger partial charge is 0.155 e. The van der Waals surface area contributed by atoms with Crippen molar-refractivity contribution in [3.05, 3.63) is 93.3 Å². The highest BCUT2D eigenvalue weighted by molar-refractivity contribution is 6.30. The van der Waals surface area contributed by atoms with E-state index in [1.807, 2.05) is 44.3 Å². The van der Waals surface area contributed by atoms with Crippen molar-refractivity contribution in [3.63, 3.8) is 0 Å². The molecular weight excluding hydrogens is 608 g/mol. The number of nitrogens with zero attached hydrogens (tertiary/aromatic N) is 1. The molecule has 260 valence electrons. The monoisotopic (exact) mass is 668 g/mol. The molecule has 0 bridgehead atoms. The first-order valence-electron chi connectivity index (χ1n) is 19.5. The number of rotatable bonds is 9. The summed E-state index contributed by atoms with van der Waals surface area (Å²) in [5.41, 5.74) is 9.93. The molecule has 1 aromatic heterocycles. The summed E-state index contributed by atoms with van der Waals surface area (Å²) in [4.78, 5) is 17.3. The van der Waals surface area contributed by atoms with E-state index in [-0.39, 0.29) is 11.2 Å². The lowest BCUT2D eigenvalue weighted by molar-refractivity contribution is -0.122. The van der Waals surface area contributed by atoms with E-state index >= 15 is 0 Å². The predicted octanol–water partition coefficient (Wildman–Crippen LogP) is 12.0. The number of Topliss-reactive ketones (excluding diaryl/α,β-unsaturated/α-hetero) is 1. The SMILES string of the molecule is CC.CC(=O)C1(Nc2cccc(Cl)c2)CCC2(CCc3ccc(CCC4CCCC4)cc32)CC1.CCCCc1ccnc2c1CCCC2. The van der Waals surface area contributed by atoms with E-state index in [2.05, 4.69) is 41.5 Å². The van der Waals surface area contributed by atoms with Gasteiger partial charge in [0.1, 0.15) is 0 Å². The second kappa shape index (κ2) is 17.3. The molecule has 3 nitrogen and oxygen atoms in total. The number of halogens is 1. The Hall–Kier alpha value is -2.65. The molecule has 2 fully saturated rings. The molecule has 1 spiro atoms. The summed E-state index contributed by atoms with van der Waals surface area (Å²) in [6.07, 6.45) is 25.7. The van der Waals surface area contributed by atoms with E-state index in [9.17, 15) is 4.79 Å². The van der Waals surface area contributed by atoms with E-state index in [4.69, 9.17) is 11.6 Å². The fraction of sp³-hybridized carbons (Fsp3) is 0.591. The van der Waals surface area contributed by atoms with Crippen LogP contribution < -0.4 is 5.32 Å². The van der Waals surface area contributed by atoms with Crippen LogP contribution in [-0.4, -0.2) is 16.3 Å². The Balaban J connectivity index is 0.000000235. The lowest BCUT2D eigenvalue weighted by Gasteiger charge is -2.45. The van der Waals surface area contributed by atoms with E-state index in [1.165, 1.54) is 108 Å². The zero-order valence-electron chi connectivity index (χ0n) is 30.4. The van der Waals surface area contributed by atoms with Crippen molar-refractivity contribution in [3.8, 4) is 0 Å². The summed E-state index contributed by atoms with van der Waals surface area (Å²) in [6.45, 7) is 8.01. The maximum absolute atomic E-state index is 12.8. The number of ketones is 1. The Kier molecular flexibility index (Phi) is 13.2. The van der Waals surface area contributed by atoms with Crippen molar-refractivity contribution in [1.82, 2.24) is 4.98 Å². The molecule has 4 aliphatic carbocycles. The minimum atomic E-state index is -0.473. The summed E-state index contributed by atoms with van der Waals surface area (Å²) < 4.78 is 0. The number of aryl methyl sites for hydroxylation is 4. The molecule has 0 saturated heterocycles. The molecule has 4 heteroatoms. The average Bonchev–Trinajstić information content (AvgIpc) is 3.77. The molecule has 2 saturated carbocycles. The molecule has 1 N–H and O–H groups in total. The van der Waals surface area contributed by atoms with Gasteiger partial charge >= 0.3 is 0 Å². The van der Waals surface area contributed by atoms with Crippen LogP contribution in [0.25, 0.3) is 0 Å². The number of nitrogens with one attached hydrogen (secondary N) is 1. The molecule has 48 heavy (non-hydrogen) atoms. The maximum atomic E-state index is 12.8. The molecule has 0 radical (unpaired) electrons. The van der Waals surface area contributed by atoms with Gasteiger partial charge in [-0.3, -0.25) is 9.78 Å². The first kappa shape index (κ1) is 36.6. The summed E-state index contributed by atoms with van der Waals surface area (Å²) in [7, 11) is 0. The minimum Gasteiger partial charge on any atom is -0.373 e. The highest BCUT2D eigenvalue weighted by Gasteiger charge is 2.48. The number of unbranched alkanes of at least 4 members (excludes halogenated alkanes) is 1. The van der Waals surface area contributed by atoms with Gasteiger partial charge in [-0.15, -0.1) is 0 Å². The Morgan fingerprint density at radius 1 is 0.896 bits per heavy atom. The third-order valence-electron chi connectivity index (χ3n) is 12.0. The van der Waals surface area contributed by atoms with Crippen LogP contribution >= 0.6 is 11.6 Å². The summed E-state index contributed by atoms with van der Waals surface area (Å²) in [5.74, 6) is 1.19. The minimum absolute atomic E-state index is 0.246. The first-order valence-corrected chi connectivity index (χ1v) is 19.9. The highest BCUT2D eigenvalue weighted by atomic mass is 35.5. The van der Waals surface area contributed by atoms with Crippen molar-refractivity contribution in [2.24, 2.45) is 5.92 Å². The molecule has 0 amide bonds. The van der Waals surface area contributed by atoms with Crippen molar-refractivity contribution >= 4 is 23.1 Å². The summed E-state index contributed by atoms with van der Waals surface area (Å²) in [5, 5.41) is 4.30. The van der Waals surface area contributed by atoms with Gasteiger partial charge in [-0.2, -0.15) is 0 Å². The number of benzene rings is 2. The molecule has 1 heterocycles. The average molecular weight is 669 g/mol. The first-order chi connectivity index (χ1) is 23.4. The Bertz CT molecular complexity index is 1480. The Morgan fingerprint density at radius 2 is 1.67 bits per heavy atom. The molecule has 0 unspecified atom stereocenters. The fourth-order valence-corrected chi connectivity index (χ4v) is 9.24. The van der Waals surface area contributed by atoms with Gasteiger partial charge in [0.15, 0.2) is 5.78 Å². The molecule has 4 aliphatic rings. The van der Waals surface area contributed by atoms with Crippen LogP contribution in [0.1, 0.15) is 151 Å². The highest BCUT2D eigenvalue weighted by Crippen LogP contribution is 2.52. The molecule has 0 atom stereocenters. The standard InChI is InChI=1S/C29H36ClNO.C13H19N.C2H6/c1-21(32)29(31-26-8-4-7-25(30)20-26)17-15-28(16-18-29)14-13-24-12-11-23(19-27(24)28)10-9-22-5-2-3-6-22;1-2-3-6-11-9-10-14-13-8-5-4-7-12(11)13;1-2/h4,7-8,11-12,19-20,22,31H,2-3,5-6,9-10,13-18H2,1H3;9-10H,2-8H2,1H3;1-2H3. The number of hydrogen-bond acceptors (Lipinski definition) is 3. The van der Waals surface area contributed by atoms with Gasteiger partial charge in [0.2, 0.25) is 0 Å². The number of carbonyl (C=O) groups excluding carboxylic acids is 1. The molecular formula is C44H61ClN2O. The fourth-order valence-electron chi connectivity index (χ4n) is 9.05. The van der Waals surface area contributed by atoms with Crippen molar-refractivity contribution in [2.45, 2.75) is 161 Å². The van der Waals surface area contributed by atoms with Crippen molar-refractivity contribution in [2.75, 3.05) is 5.32 Å². The van der Waals surface area contributed by atoms with Crippen LogP contribution in [0.2, 0.25) is 5.02 Å². The van der Waals surface area contributed by atoms with E-state index in [1.54, 1.807) is 29.2 Å². The quantitative estimate of drug-likeness (QED) is 0.247. The van der Waals surface area contributed by atoms with Crippen LogP contribution in [0, 0.1) is 5.92 Å². The lowest BCUT2D eigenvalue weighted by atomic mass is 9.63. The number of hydrogen-bond donors (Lipinski definition) is 1. The lowest BCUT2D eigenvalue weighted by Crippen LogP contribution is -2.50. The zero-order chi connectivity index (χ0) is 34.0. The number of anilines is 1. The topological polar surface area (TPSA) is 42.0 Å². The van der Waals surface area contributed by atoms with Crippen LogP contribution in [-0.2, 0) is 42.3 Å². The van der Waals surface area contributed by atoms with Gasteiger partial charge in [0.25, 0.3) is 0 Å². The number of fused-ring (bicyclic) bond motifs is 3. The number of aromatic nitrogens is 1. The van der Waals surface area contributed by atoms with E-state index in [0.717, 1.165) is 37.3 Å². The van der Waals surface area contributed by atoms with Crippen LogP contribution in [0.3, 0.4) is 0 Å². The largest absolute Gasteiger partial charge is 0.373 e. The Morgan fingerprint density at radius 3 is 2.40 bits per heavy atom. The van der Waals surface area contributed by atoms with Crippen molar-refractivity contribution in [1.29, 1.82) is 0 Å². The molecule has 7 rings (SSSR count). The van der Waals surface area contributed by atoms with Gasteiger partial charge in [-0.1, -0.05) is 88.7 Å². The predicted molar refractivity (Wildman–Crippen MR) is 205 cm³/mol. The van der Waals surface area contributed by atoms with Gasteiger partial charge in [0, 0.05) is 22.6 Å². The van der Waals surface area contributed by atoms with Gasteiger partial charge < -0.3 is 5.32 Å². The normalized spacial score (nSPS) is 22.9. The zero-order valence-corrected chi connectivity index (χ0v) is 31.2. The van der Waals surface area contributed by atoms with Gasteiger partial charge in [-0.25, -0.2) is 0 Å². The maximum Gasteiger partial charge on any atom is 0.155 e. The second-order valence-corrected chi connectivity index (χ2v) is 15.4. The Labute approximate surface area is 297 Å². The van der Waals surface area contributed by atoms with Gasteiger partial charge in [-0.05, 0) is 160 Å². The molecule has 0 aliphatic heterocycles. The molecule has 3 aromatic rings. The third-order valence-corrected chi connectivity index (χ3v) is 12.2. The van der Waals surface area contributed by atoms with Crippen LogP contribution in [0.4, 0.5) is 5.69 Å². The number of pyridine rings is 1. The summed E-state index contributed by atoms with van der Waals surface area (Å²) >= 11 is 6.20. The third kappa shape index (κ3) is 8.73. The van der Waals surface area contributed by atoms with Crippen LogP contribution in [0.5, 0.6) is 0 Å². The molecule has 2 aromatic carbocycles. The van der Waals surface area contributed by atoms with E-state index < -0.39 is 5.54 Å².